The molecule has 0 bridgehead atoms. The van der Waals surface area contributed by atoms with Gasteiger partial charge in [0.05, 0.1) is 11.3 Å². The Kier molecular flexibility index (Phi) is 6.07. The molecule has 0 radical (unpaired) electrons. The first-order chi connectivity index (χ1) is 17.5. The van der Waals surface area contributed by atoms with Crippen LogP contribution < -0.4 is 15.1 Å². The summed E-state index contributed by atoms with van der Waals surface area (Å²) in [4.78, 5) is 25.8. The highest BCUT2D eigenvalue weighted by atomic mass is 127. The van der Waals surface area contributed by atoms with Crippen LogP contribution in [-0.4, -0.2) is 48.0 Å². The first-order valence-electron chi connectivity index (χ1n) is 12.8. The lowest BCUT2D eigenvalue weighted by atomic mass is 9.93. The van der Waals surface area contributed by atoms with Gasteiger partial charge in [0, 0.05) is 54.6 Å². The second-order valence-corrected chi connectivity index (χ2v) is 12.1. The van der Waals surface area contributed by atoms with E-state index in [1.54, 1.807) is 11.0 Å². The van der Waals surface area contributed by atoms with Gasteiger partial charge in [-0.2, -0.15) is 13.8 Å². The van der Waals surface area contributed by atoms with E-state index in [1.807, 2.05) is 12.1 Å². The number of benzene rings is 1. The van der Waals surface area contributed by atoms with E-state index in [1.165, 1.54) is 12.8 Å². The second-order valence-electron chi connectivity index (χ2n) is 10.8. The zero-order valence-electron chi connectivity index (χ0n) is 20.3. The quantitative estimate of drug-likeness (QED) is 0.333. The number of hydrogen-bond acceptors (Lipinski definition) is 5. The van der Waals surface area contributed by atoms with Gasteiger partial charge < -0.3 is 9.80 Å². The molecule has 1 aromatic carbocycles. The Morgan fingerprint density at radius 3 is 2.24 bits per heavy atom. The lowest BCUT2D eigenvalue weighted by Gasteiger charge is -2.35. The molecule has 6 rings (SSSR count). The minimum atomic E-state index is -3.16. The van der Waals surface area contributed by atoms with Crippen molar-refractivity contribution in [2.24, 2.45) is 5.41 Å². The molecule has 6 nitrogen and oxygen atoms in total. The van der Waals surface area contributed by atoms with Gasteiger partial charge >= 0.3 is 0 Å². The Labute approximate surface area is 226 Å². The molecule has 11 heteroatoms. The summed E-state index contributed by atoms with van der Waals surface area (Å²) < 4.78 is 57.9. The lowest BCUT2D eigenvalue weighted by Crippen LogP contribution is -2.40. The van der Waals surface area contributed by atoms with Gasteiger partial charge in [-0.25, -0.2) is 13.8 Å². The summed E-state index contributed by atoms with van der Waals surface area (Å²) in [7, 11) is 0. The average molecular weight is 629 g/mol. The highest BCUT2D eigenvalue weighted by Crippen LogP contribution is 2.54. The van der Waals surface area contributed by atoms with Gasteiger partial charge in [-0.3, -0.25) is 10.1 Å². The fourth-order valence-corrected chi connectivity index (χ4v) is 6.27. The molecular weight excluding hydrogens is 601 g/mol. The number of nitrogens with zero attached hydrogens (tertiary/aromatic N) is 4. The van der Waals surface area contributed by atoms with Gasteiger partial charge in [-0.1, -0.05) is 0 Å². The summed E-state index contributed by atoms with van der Waals surface area (Å²) in [5.41, 5.74) is 1.59. The number of halogens is 5. The molecule has 198 valence electrons. The minimum absolute atomic E-state index is 0.00708. The van der Waals surface area contributed by atoms with Crippen LogP contribution in [-0.2, 0) is 12.3 Å². The van der Waals surface area contributed by atoms with Gasteiger partial charge in [-0.15, -0.1) is 0 Å². The molecule has 0 atom stereocenters. The van der Waals surface area contributed by atoms with Crippen molar-refractivity contribution in [1.82, 2.24) is 9.97 Å². The van der Waals surface area contributed by atoms with Gasteiger partial charge in [0.2, 0.25) is 5.95 Å². The standard InChI is InChI=1S/C26H28F4IN5O/c27-25(28)9-13-36(14-10-25)21-18-3-4-26(29,30)20(18)32-23(33-21)34-22(37)17-2-1-16(31)15-19(17)35-11-7-24(5-6-24)8-12-35/h1-2,15H,3-14H2,(H,32,33,34,37). The van der Waals surface area contributed by atoms with Crippen molar-refractivity contribution in [3.8, 4) is 0 Å². The number of rotatable bonds is 4. The minimum Gasteiger partial charge on any atom is -0.371 e. The van der Waals surface area contributed by atoms with Crippen molar-refractivity contribution < 1.29 is 22.4 Å². The third kappa shape index (κ3) is 4.87. The van der Waals surface area contributed by atoms with Crippen molar-refractivity contribution in [3.63, 3.8) is 0 Å². The Balaban J connectivity index is 1.29. The molecule has 2 saturated heterocycles. The predicted molar refractivity (Wildman–Crippen MR) is 141 cm³/mol. The summed E-state index contributed by atoms with van der Waals surface area (Å²) in [5.74, 6) is -6.41. The molecule has 2 aliphatic heterocycles. The van der Waals surface area contributed by atoms with Crippen molar-refractivity contribution >= 4 is 46.0 Å². The molecule has 2 aliphatic carbocycles. The highest BCUT2D eigenvalue weighted by Gasteiger charge is 2.46. The molecule has 4 aliphatic rings. The van der Waals surface area contributed by atoms with Gasteiger partial charge in [0.25, 0.3) is 17.8 Å². The fourth-order valence-electron chi connectivity index (χ4n) is 5.79. The molecule has 1 spiro atoms. The predicted octanol–water partition coefficient (Wildman–Crippen LogP) is 5.99. The van der Waals surface area contributed by atoms with E-state index >= 15 is 0 Å². The first-order valence-corrected chi connectivity index (χ1v) is 13.9. The fraction of sp³-hybridized carbons (Fsp3) is 0.577. The maximum absolute atomic E-state index is 14.7. The number of piperidine rings is 2. The third-order valence-corrected chi connectivity index (χ3v) is 9.04. The molecule has 1 N–H and O–H groups in total. The maximum Gasteiger partial charge on any atom is 0.290 e. The molecule has 3 heterocycles. The van der Waals surface area contributed by atoms with Crippen LogP contribution in [0.4, 0.5) is 35.0 Å². The third-order valence-electron chi connectivity index (χ3n) is 8.37. The van der Waals surface area contributed by atoms with Crippen LogP contribution in [0.25, 0.3) is 0 Å². The van der Waals surface area contributed by atoms with Crippen LogP contribution in [0.2, 0.25) is 0 Å². The van der Waals surface area contributed by atoms with Crippen molar-refractivity contribution in [2.45, 2.75) is 63.2 Å². The van der Waals surface area contributed by atoms with E-state index in [9.17, 15) is 22.4 Å². The lowest BCUT2D eigenvalue weighted by molar-refractivity contribution is -0.0222. The van der Waals surface area contributed by atoms with Gasteiger partial charge in [0.1, 0.15) is 11.5 Å². The number of fused-ring (bicyclic) bond motifs is 1. The molecule has 37 heavy (non-hydrogen) atoms. The Morgan fingerprint density at radius 2 is 1.57 bits per heavy atom. The van der Waals surface area contributed by atoms with Crippen molar-refractivity contribution in [3.05, 3.63) is 38.6 Å². The Morgan fingerprint density at radius 1 is 0.892 bits per heavy atom. The number of carbonyl (C=O) groups excluding carboxylic acids is 1. The molecule has 1 amide bonds. The van der Waals surface area contributed by atoms with Crippen LogP contribution in [0, 0.1) is 8.99 Å². The molecule has 0 unspecified atom stereocenters. The number of carbonyl (C=O) groups is 1. The van der Waals surface area contributed by atoms with Crippen molar-refractivity contribution in [2.75, 3.05) is 41.3 Å². The van der Waals surface area contributed by atoms with Crippen molar-refractivity contribution in [1.29, 1.82) is 0 Å². The first kappa shape index (κ1) is 25.1. The highest BCUT2D eigenvalue weighted by molar-refractivity contribution is 14.1. The number of anilines is 3. The molecule has 1 aromatic heterocycles. The monoisotopic (exact) mass is 629 g/mol. The van der Waals surface area contributed by atoms with E-state index < -0.39 is 29.9 Å². The summed E-state index contributed by atoms with van der Waals surface area (Å²) in [6.07, 6.45) is 3.66. The topological polar surface area (TPSA) is 61.4 Å². The Hall–Kier alpha value is -2.18. The van der Waals surface area contributed by atoms with E-state index in [0.717, 1.165) is 35.2 Å². The molecule has 3 fully saturated rings. The molecular formula is C26H28F4IN5O. The van der Waals surface area contributed by atoms with E-state index in [4.69, 9.17) is 0 Å². The summed E-state index contributed by atoms with van der Waals surface area (Å²) >= 11 is 2.21. The molecule has 1 saturated carbocycles. The molecule has 2 aromatic rings. The SMILES string of the molecule is O=C(Nc1nc(N2CCC(F)(F)CC2)c2c(n1)C(F)(F)CC2)c1ccc(I)cc1N1CCC2(CC1)CC2. The van der Waals surface area contributed by atoms with Crippen LogP contribution in [0.5, 0.6) is 0 Å². The van der Waals surface area contributed by atoms with Crippen LogP contribution >= 0.6 is 22.6 Å². The smallest absolute Gasteiger partial charge is 0.290 e. The van der Waals surface area contributed by atoms with E-state index in [2.05, 4.69) is 42.8 Å². The second kappa shape index (κ2) is 8.94. The van der Waals surface area contributed by atoms with Gasteiger partial charge in [-0.05, 0) is 78.3 Å². The normalized spacial score (nSPS) is 23.2. The number of amides is 1. The summed E-state index contributed by atoms with van der Waals surface area (Å²) in [6, 6.07) is 5.54. The zero-order chi connectivity index (χ0) is 26.0. The number of hydrogen-bond donors (Lipinski definition) is 1. The number of nitrogens with one attached hydrogen (secondary N) is 1. The Bertz CT molecular complexity index is 1230. The van der Waals surface area contributed by atoms with Crippen LogP contribution in [0.3, 0.4) is 0 Å². The van der Waals surface area contributed by atoms with Crippen LogP contribution in [0.1, 0.15) is 66.6 Å². The average Bonchev–Trinajstić information content (AvgIpc) is 3.54. The number of alkyl halides is 4. The van der Waals surface area contributed by atoms with E-state index in [0.29, 0.717) is 11.0 Å². The zero-order valence-corrected chi connectivity index (χ0v) is 22.5. The van der Waals surface area contributed by atoms with Gasteiger partial charge in [0.15, 0.2) is 0 Å². The number of aromatic nitrogens is 2. The van der Waals surface area contributed by atoms with Crippen LogP contribution in [0.15, 0.2) is 18.2 Å². The summed E-state index contributed by atoms with van der Waals surface area (Å²) in [5, 5.41) is 2.65. The largest absolute Gasteiger partial charge is 0.371 e. The maximum atomic E-state index is 14.7. The summed E-state index contributed by atoms with van der Waals surface area (Å²) in [6.45, 7) is 1.75. The van der Waals surface area contributed by atoms with E-state index in [-0.39, 0.29) is 49.7 Å².